The Kier molecular flexibility index (Phi) is 65.3. The van der Waals surface area contributed by atoms with Crippen LogP contribution in [0.5, 0.6) is 0 Å². The molecule has 9 nitrogen and oxygen atoms in total. The van der Waals surface area contributed by atoms with E-state index in [0.29, 0.717) is 23.9 Å². The third kappa shape index (κ3) is 71.2. The summed E-state index contributed by atoms with van der Waals surface area (Å²) < 4.78 is 34.8. The first kappa shape index (κ1) is 83.2. The predicted octanol–water partition coefficient (Wildman–Crippen LogP) is 24.2. The molecule has 0 aromatic rings. The van der Waals surface area contributed by atoms with Gasteiger partial charge in [0, 0.05) is 12.8 Å². The number of phosphoric acid groups is 1. The van der Waals surface area contributed by atoms with Gasteiger partial charge in [0.05, 0.1) is 27.7 Å². The molecule has 0 aromatic carbocycles. The SMILES string of the molecule is CCCCCCC/C=C\C/C=C\C/C=C\CCCCCCCCCCCCCCCCCCC(=O)OC(COC(=O)CCCCCCCCCCCCCCCCCCCCCCCCCCCCCCCC)COP(=O)(O)OCC[N+](C)(C)C. The summed E-state index contributed by atoms with van der Waals surface area (Å²) in [6, 6.07) is 0. The lowest BCUT2D eigenvalue weighted by Gasteiger charge is -2.24. The van der Waals surface area contributed by atoms with E-state index in [1.807, 2.05) is 21.1 Å². The highest BCUT2D eigenvalue weighted by atomic mass is 31.2. The van der Waals surface area contributed by atoms with E-state index in [2.05, 4.69) is 50.3 Å². The number of unbranched alkanes of at least 4 members (excludes halogenated alkanes) is 50. The second-order valence-electron chi connectivity index (χ2n) is 26.7. The summed E-state index contributed by atoms with van der Waals surface area (Å²) in [7, 11) is 1.50. The molecule has 85 heavy (non-hydrogen) atoms. The van der Waals surface area contributed by atoms with Gasteiger partial charge < -0.3 is 18.9 Å². The summed E-state index contributed by atoms with van der Waals surface area (Å²) in [6.45, 7) is 4.50. The molecule has 0 amide bonds. The van der Waals surface area contributed by atoms with Crippen LogP contribution in [0.25, 0.3) is 0 Å². The Morgan fingerprint density at radius 3 is 0.941 bits per heavy atom. The van der Waals surface area contributed by atoms with E-state index in [-0.39, 0.29) is 25.6 Å². The number of allylic oxidation sites excluding steroid dienone is 6. The zero-order valence-electron chi connectivity index (χ0n) is 57.4. The minimum atomic E-state index is -4.39. The fourth-order valence-electron chi connectivity index (χ4n) is 11.2. The van der Waals surface area contributed by atoms with Crippen LogP contribution >= 0.6 is 7.82 Å². The fourth-order valence-corrected chi connectivity index (χ4v) is 11.9. The third-order valence-corrected chi connectivity index (χ3v) is 17.9. The van der Waals surface area contributed by atoms with Crippen LogP contribution in [0.1, 0.15) is 380 Å². The summed E-state index contributed by atoms with van der Waals surface area (Å²) in [5.74, 6) is -0.775. The second kappa shape index (κ2) is 66.6. The number of ether oxygens (including phenoxy) is 2. The molecule has 0 saturated carbocycles. The van der Waals surface area contributed by atoms with Gasteiger partial charge in [-0.15, -0.1) is 0 Å². The predicted molar refractivity (Wildman–Crippen MR) is 367 cm³/mol. The van der Waals surface area contributed by atoms with Gasteiger partial charge >= 0.3 is 19.8 Å². The topological polar surface area (TPSA) is 108 Å². The van der Waals surface area contributed by atoms with Gasteiger partial charge in [-0.1, -0.05) is 352 Å². The third-order valence-electron chi connectivity index (χ3n) is 16.9. The Morgan fingerprint density at radius 1 is 0.365 bits per heavy atom. The van der Waals surface area contributed by atoms with Gasteiger partial charge in [0.25, 0.3) is 0 Å². The Labute approximate surface area is 529 Å². The molecule has 502 valence electrons. The standard InChI is InChI=1S/C75H144NO8P/c1-6-8-10-12-14-16-18-20-22-24-26-28-30-32-34-36-38-40-42-44-46-48-50-52-54-56-58-60-62-64-66-68-75(78)84-73(72-83-85(79,80)82-70-69-76(3,4)5)71-81-74(77)67-65-63-61-59-57-55-53-51-49-47-45-43-41-39-37-35-33-31-29-27-25-23-21-19-17-15-13-11-9-7-2/h18,20,24,26,30,32,73H,6-17,19,21-23,25,27-29,31,33-72H2,1-5H3/p+1/b20-18-,26-24-,32-30-. The maximum absolute atomic E-state index is 12.9. The van der Waals surface area contributed by atoms with Crippen molar-refractivity contribution in [2.24, 2.45) is 0 Å². The van der Waals surface area contributed by atoms with Gasteiger partial charge in [0.2, 0.25) is 0 Å². The second-order valence-corrected chi connectivity index (χ2v) is 28.1. The molecule has 0 radical (unpaired) electrons. The van der Waals surface area contributed by atoms with E-state index in [4.69, 9.17) is 18.5 Å². The number of nitrogens with zero attached hydrogens (tertiary/aromatic N) is 1. The average Bonchev–Trinajstić information content (AvgIpc) is 3.50. The minimum absolute atomic E-state index is 0.0345. The number of carbonyl (C=O) groups is 2. The highest BCUT2D eigenvalue weighted by Crippen LogP contribution is 2.43. The molecular weight excluding hydrogens is 1070 g/mol. The molecular formula is C75H145NO8P+. The van der Waals surface area contributed by atoms with E-state index in [0.717, 1.165) is 44.9 Å². The van der Waals surface area contributed by atoms with Gasteiger partial charge in [0.15, 0.2) is 6.10 Å². The molecule has 0 bridgehead atoms. The fraction of sp³-hybridized carbons (Fsp3) is 0.893. The Balaban J connectivity index is 3.97. The van der Waals surface area contributed by atoms with Crippen LogP contribution in [0, 0.1) is 0 Å². The molecule has 2 atom stereocenters. The molecule has 0 saturated heterocycles. The number of esters is 2. The van der Waals surface area contributed by atoms with Crippen molar-refractivity contribution in [2.75, 3.05) is 47.5 Å². The first-order chi connectivity index (χ1) is 41.5. The summed E-state index contributed by atoms with van der Waals surface area (Å²) in [4.78, 5) is 35.9. The van der Waals surface area contributed by atoms with Gasteiger partial charge in [0.1, 0.15) is 19.8 Å². The summed E-state index contributed by atoms with van der Waals surface area (Å²) in [5, 5.41) is 0. The summed E-state index contributed by atoms with van der Waals surface area (Å²) in [6.07, 6.45) is 85.5. The lowest BCUT2D eigenvalue weighted by Crippen LogP contribution is -2.37. The van der Waals surface area contributed by atoms with E-state index < -0.39 is 26.5 Å². The Bertz CT molecular complexity index is 1530. The number of rotatable bonds is 70. The van der Waals surface area contributed by atoms with Crippen molar-refractivity contribution in [3.05, 3.63) is 36.5 Å². The quantitative estimate of drug-likeness (QED) is 0.0211. The van der Waals surface area contributed by atoms with Crippen LogP contribution < -0.4 is 0 Å². The first-order valence-corrected chi connectivity index (χ1v) is 38.7. The van der Waals surface area contributed by atoms with Crippen molar-refractivity contribution in [1.29, 1.82) is 0 Å². The number of hydrogen-bond acceptors (Lipinski definition) is 7. The molecule has 0 aromatic heterocycles. The van der Waals surface area contributed by atoms with E-state index in [9.17, 15) is 19.0 Å². The van der Waals surface area contributed by atoms with E-state index in [1.54, 1.807) is 0 Å². The van der Waals surface area contributed by atoms with Gasteiger partial charge in [-0.05, 0) is 51.4 Å². The van der Waals surface area contributed by atoms with Crippen LogP contribution in [-0.2, 0) is 32.7 Å². The lowest BCUT2D eigenvalue weighted by molar-refractivity contribution is -0.870. The van der Waals surface area contributed by atoms with Crippen molar-refractivity contribution in [2.45, 2.75) is 386 Å². The van der Waals surface area contributed by atoms with Gasteiger partial charge in [-0.2, -0.15) is 0 Å². The zero-order valence-corrected chi connectivity index (χ0v) is 58.3. The maximum Gasteiger partial charge on any atom is 0.472 e. The Morgan fingerprint density at radius 2 is 0.635 bits per heavy atom. The van der Waals surface area contributed by atoms with Crippen LogP contribution in [0.2, 0.25) is 0 Å². The van der Waals surface area contributed by atoms with Crippen molar-refractivity contribution in [1.82, 2.24) is 0 Å². The lowest BCUT2D eigenvalue weighted by atomic mass is 10.0. The number of quaternary nitrogens is 1. The first-order valence-electron chi connectivity index (χ1n) is 37.2. The molecule has 0 fully saturated rings. The Hall–Kier alpha value is -1.77. The zero-order chi connectivity index (χ0) is 61.9. The van der Waals surface area contributed by atoms with Gasteiger partial charge in [-0.25, -0.2) is 4.57 Å². The largest absolute Gasteiger partial charge is 0.472 e. The summed E-state index contributed by atoms with van der Waals surface area (Å²) in [5.41, 5.74) is 0. The van der Waals surface area contributed by atoms with Crippen molar-refractivity contribution in [3.63, 3.8) is 0 Å². The van der Waals surface area contributed by atoms with E-state index in [1.165, 1.54) is 302 Å². The normalized spacial score (nSPS) is 13.2. The number of phosphoric ester groups is 1. The molecule has 0 aliphatic heterocycles. The number of likely N-dealkylation sites (N-methyl/N-ethyl adjacent to an activating group) is 1. The van der Waals surface area contributed by atoms with Crippen LogP contribution in [0.4, 0.5) is 0 Å². The minimum Gasteiger partial charge on any atom is -0.462 e. The molecule has 0 aliphatic carbocycles. The molecule has 0 heterocycles. The number of carbonyl (C=O) groups excluding carboxylic acids is 2. The van der Waals surface area contributed by atoms with Crippen LogP contribution in [0.15, 0.2) is 36.5 Å². The molecule has 0 spiro atoms. The number of hydrogen-bond donors (Lipinski definition) is 1. The monoisotopic (exact) mass is 1220 g/mol. The summed E-state index contributed by atoms with van der Waals surface area (Å²) >= 11 is 0. The van der Waals surface area contributed by atoms with Crippen molar-refractivity contribution < 1.29 is 42.1 Å². The molecule has 2 unspecified atom stereocenters. The average molecular weight is 1220 g/mol. The smallest absolute Gasteiger partial charge is 0.462 e. The highest BCUT2D eigenvalue weighted by molar-refractivity contribution is 7.47. The molecule has 1 N–H and O–H groups in total. The van der Waals surface area contributed by atoms with Crippen LogP contribution in [-0.4, -0.2) is 74.9 Å². The highest BCUT2D eigenvalue weighted by Gasteiger charge is 2.27. The van der Waals surface area contributed by atoms with E-state index >= 15 is 0 Å². The van der Waals surface area contributed by atoms with Crippen molar-refractivity contribution >= 4 is 19.8 Å². The van der Waals surface area contributed by atoms with Crippen molar-refractivity contribution in [3.8, 4) is 0 Å². The van der Waals surface area contributed by atoms with Gasteiger partial charge in [-0.3, -0.25) is 18.6 Å². The maximum atomic E-state index is 12.9. The molecule has 10 heteroatoms. The van der Waals surface area contributed by atoms with Crippen LogP contribution in [0.3, 0.4) is 0 Å². The molecule has 0 rings (SSSR count). The molecule has 0 aliphatic rings.